The molecule has 0 radical (unpaired) electrons. The van der Waals surface area contributed by atoms with Gasteiger partial charge in [-0.05, 0) is 24.1 Å². The van der Waals surface area contributed by atoms with Crippen LogP contribution < -0.4 is 5.73 Å². The number of anilines is 1. The van der Waals surface area contributed by atoms with Gasteiger partial charge in [-0.3, -0.25) is 0 Å². The predicted molar refractivity (Wildman–Crippen MR) is 73.6 cm³/mol. The van der Waals surface area contributed by atoms with Crippen molar-refractivity contribution in [3.63, 3.8) is 0 Å². The van der Waals surface area contributed by atoms with Crippen molar-refractivity contribution in [3.05, 3.63) is 23.2 Å². The highest BCUT2D eigenvalue weighted by Gasteiger charge is 2.17. The molecule has 0 amide bonds. The van der Waals surface area contributed by atoms with Gasteiger partial charge < -0.3 is 10.5 Å². The van der Waals surface area contributed by atoms with Crippen LogP contribution in [0.5, 0.6) is 0 Å². The summed E-state index contributed by atoms with van der Waals surface area (Å²) < 4.78 is 29.3. The molecule has 0 unspecified atom stereocenters. The average Bonchev–Trinajstić information content (AvgIpc) is 2.23. The number of halogens is 1. The van der Waals surface area contributed by atoms with Gasteiger partial charge in [-0.15, -0.1) is 0 Å². The highest BCUT2D eigenvalue weighted by atomic mass is 35.5. The molecular weight excluding hydrogens is 274 g/mol. The van der Waals surface area contributed by atoms with E-state index in [2.05, 4.69) is 0 Å². The molecule has 0 aliphatic carbocycles. The van der Waals surface area contributed by atoms with Crippen LogP contribution in [-0.4, -0.2) is 27.4 Å². The van der Waals surface area contributed by atoms with Gasteiger partial charge in [-0.2, -0.15) is 0 Å². The fourth-order valence-corrected chi connectivity index (χ4v) is 2.83. The predicted octanol–water partition coefficient (Wildman–Crippen LogP) is 2.37. The summed E-state index contributed by atoms with van der Waals surface area (Å²) in [7, 11) is -3.41. The maximum Gasteiger partial charge on any atom is 0.182 e. The number of nitrogens with two attached hydrogens (primary N) is 1. The average molecular weight is 292 g/mol. The molecule has 4 nitrogen and oxygen atoms in total. The first kappa shape index (κ1) is 15.3. The molecule has 18 heavy (non-hydrogen) atoms. The first-order valence-electron chi connectivity index (χ1n) is 5.68. The molecule has 0 saturated heterocycles. The van der Waals surface area contributed by atoms with Crippen LogP contribution in [0.2, 0.25) is 5.02 Å². The zero-order valence-corrected chi connectivity index (χ0v) is 12.1. The summed E-state index contributed by atoms with van der Waals surface area (Å²) in [5.74, 6) is 0.305. The van der Waals surface area contributed by atoms with Gasteiger partial charge in [-0.25, -0.2) is 8.42 Å². The van der Waals surface area contributed by atoms with Crippen LogP contribution in [0.3, 0.4) is 0 Å². The molecule has 0 atom stereocenters. The van der Waals surface area contributed by atoms with E-state index in [1.165, 1.54) is 18.2 Å². The SMILES string of the molecule is CC(C)COCCS(=O)(=O)c1ccc(Cl)cc1N. The second kappa shape index (κ2) is 6.41. The van der Waals surface area contributed by atoms with Gasteiger partial charge in [0.25, 0.3) is 0 Å². The maximum absolute atomic E-state index is 12.0. The highest BCUT2D eigenvalue weighted by Crippen LogP contribution is 2.23. The van der Waals surface area contributed by atoms with Crippen LogP contribution in [0.15, 0.2) is 23.1 Å². The summed E-state index contributed by atoms with van der Waals surface area (Å²) in [6.07, 6.45) is 0. The van der Waals surface area contributed by atoms with Crippen LogP contribution in [0, 0.1) is 5.92 Å². The Morgan fingerprint density at radius 2 is 2.06 bits per heavy atom. The smallest absolute Gasteiger partial charge is 0.182 e. The van der Waals surface area contributed by atoms with Crippen molar-refractivity contribution in [2.24, 2.45) is 5.92 Å². The van der Waals surface area contributed by atoms with Crippen molar-refractivity contribution in [3.8, 4) is 0 Å². The minimum absolute atomic E-state index is 0.0778. The molecule has 0 aromatic heterocycles. The third kappa shape index (κ3) is 4.48. The molecule has 0 aliphatic rings. The van der Waals surface area contributed by atoms with E-state index in [-0.39, 0.29) is 22.9 Å². The molecule has 1 aromatic carbocycles. The van der Waals surface area contributed by atoms with E-state index in [0.717, 1.165) is 0 Å². The van der Waals surface area contributed by atoms with Crippen LogP contribution in [-0.2, 0) is 14.6 Å². The fraction of sp³-hybridized carbons (Fsp3) is 0.500. The van der Waals surface area contributed by atoms with Crippen molar-refractivity contribution < 1.29 is 13.2 Å². The standard InChI is InChI=1S/C12H18ClNO3S/c1-9(2)8-17-5-6-18(15,16)12-4-3-10(13)7-11(12)14/h3-4,7,9H,5-6,8,14H2,1-2H3. The molecule has 0 heterocycles. The van der Waals surface area contributed by atoms with E-state index in [9.17, 15) is 8.42 Å². The van der Waals surface area contributed by atoms with Gasteiger partial charge in [0, 0.05) is 11.6 Å². The Morgan fingerprint density at radius 1 is 1.39 bits per heavy atom. The van der Waals surface area contributed by atoms with Gasteiger partial charge in [0.1, 0.15) is 0 Å². The van der Waals surface area contributed by atoms with E-state index in [4.69, 9.17) is 22.1 Å². The van der Waals surface area contributed by atoms with E-state index in [0.29, 0.717) is 17.5 Å². The van der Waals surface area contributed by atoms with E-state index in [1.54, 1.807) is 0 Å². The Kier molecular flexibility index (Phi) is 5.44. The van der Waals surface area contributed by atoms with Gasteiger partial charge in [0.15, 0.2) is 9.84 Å². The molecule has 1 aromatic rings. The van der Waals surface area contributed by atoms with Gasteiger partial charge >= 0.3 is 0 Å². The Morgan fingerprint density at radius 3 is 2.61 bits per heavy atom. The van der Waals surface area contributed by atoms with Crippen molar-refractivity contribution in [2.45, 2.75) is 18.7 Å². The lowest BCUT2D eigenvalue weighted by Crippen LogP contribution is -2.15. The largest absolute Gasteiger partial charge is 0.398 e. The molecule has 0 spiro atoms. The quantitative estimate of drug-likeness (QED) is 0.645. The second-order valence-electron chi connectivity index (χ2n) is 4.47. The number of ether oxygens (including phenoxy) is 1. The Labute approximate surface area is 113 Å². The Hall–Kier alpha value is -0.780. The van der Waals surface area contributed by atoms with Gasteiger partial charge in [0.05, 0.1) is 22.9 Å². The summed E-state index contributed by atoms with van der Waals surface area (Å²) in [5, 5.41) is 0.419. The molecule has 6 heteroatoms. The zero-order chi connectivity index (χ0) is 13.8. The highest BCUT2D eigenvalue weighted by molar-refractivity contribution is 7.91. The summed E-state index contributed by atoms with van der Waals surface area (Å²) in [6.45, 7) is 4.73. The summed E-state index contributed by atoms with van der Waals surface area (Å²) in [5.41, 5.74) is 5.83. The van der Waals surface area contributed by atoms with Crippen LogP contribution in [0.4, 0.5) is 5.69 Å². The summed E-state index contributed by atoms with van der Waals surface area (Å²) in [4.78, 5) is 0.111. The molecular formula is C12H18ClNO3S. The number of benzene rings is 1. The normalized spacial score (nSPS) is 12.0. The molecule has 102 valence electrons. The minimum Gasteiger partial charge on any atom is -0.398 e. The lowest BCUT2D eigenvalue weighted by Gasteiger charge is -2.09. The van der Waals surface area contributed by atoms with Gasteiger partial charge in [0.2, 0.25) is 0 Å². The fourth-order valence-electron chi connectivity index (χ4n) is 1.40. The van der Waals surface area contributed by atoms with Crippen molar-refractivity contribution >= 4 is 27.1 Å². The van der Waals surface area contributed by atoms with Crippen molar-refractivity contribution in [1.29, 1.82) is 0 Å². The zero-order valence-electron chi connectivity index (χ0n) is 10.5. The molecule has 0 aliphatic heterocycles. The first-order chi connectivity index (χ1) is 8.33. The topological polar surface area (TPSA) is 69.4 Å². The molecule has 2 N–H and O–H groups in total. The molecule has 1 rings (SSSR count). The maximum atomic E-state index is 12.0. The lowest BCUT2D eigenvalue weighted by atomic mass is 10.2. The van der Waals surface area contributed by atoms with E-state index >= 15 is 0 Å². The molecule has 0 fully saturated rings. The number of sulfone groups is 1. The lowest BCUT2D eigenvalue weighted by molar-refractivity contribution is 0.123. The number of hydrogen-bond acceptors (Lipinski definition) is 4. The third-order valence-corrected chi connectivity index (χ3v) is 4.24. The number of hydrogen-bond donors (Lipinski definition) is 1. The van der Waals surface area contributed by atoms with Crippen molar-refractivity contribution in [1.82, 2.24) is 0 Å². The van der Waals surface area contributed by atoms with Crippen LogP contribution in [0.25, 0.3) is 0 Å². The Balaban J connectivity index is 2.69. The Bertz CT molecular complexity index is 500. The van der Waals surface area contributed by atoms with Crippen LogP contribution >= 0.6 is 11.6 Å². The van der Waals surface area contributed by atoms with Crippen molar-refractivity contribution in [2.75, 3.05) is 24.7 Å². The van der Waals surface area contributed by atoms with Crippen LogP contribution in [0.1, 0.15) is 13.8 Å². The third-order valence-electron chi connectivity index (χ3n) is 2.25. The number of rotatable bonds is 6. The van der Waals surface area contributed by atoms with Gasteiger partial charge in [-0.1, -0.05) is 25.4 Å². The summed E-state index contributed by atoms with van der Waals surface area (Å²) in [6, 6.07) is 4.37. The molecule has 0 saturated carbocycles. The van der Waals surface area contributed by atoms with E-state index in [1.807, 2.05) is 13.8 Å². The van der Waals surface area contributed by atoms with E-state index < -0.39 is 9.84 Å². The molecule has 0 bridgehead atoms. The number of nitrogen functional groups attached to an aromatic ring is 1. The monoisotopic (exact) mass is 291 g/mol. The first-order valence-corrected chi connectivity index (χ1v) is 7.71. The minimum atomic E-state index is -3.41. The second-order valence-corrected chi connectivity index (χ2v) is 6.98. The summed E-state index contributed by atoms with van der Waals surface area (Å²) >= 11 is 5.73.